The number of nitrogens with one attached hydrogen (secondary N) is 2. The van der Waals surface area contributed by atoms with Crippen LogP contribution in [0, 0.1) is 0 Å². The van der Waals surface area contributed by atoms with Gasteiger partial charge in [0.1, 0.15) is 0 Å². The highest BCUT2D eigenvalue weighted by molar-refractivity contribution is 7.07. The van der Waals surface area contributed by atoms with Crippen molar-refractivity contribution < 1.29 is 4.79 Å². The lowest BCUT2D eigenvalue weighted by Gasteiger charge is -2.24. The van der Waals surface area contributed by atoms with Crippen LogP contribution in [-0.2, 0) is 0 Å². The predicted molar refractivity (Wildman–Crippen MR) is 89.2 cm³/mol. The summed E-state index contributed by atoms with van der Waals surface area (Å²) in [6.45, 7) is 0.528. The fourth-order valence-corrected chi connectivity index (χ4v) is 2.87. The first-order chi connectivity index (χ1) is 10.1. The summed E-state index contributed by atoms with van der Waals surface area (Å²) in [6.07, 6.45) is 0. The molecule has 112 valence electrons. The summed E-state index contributed by atoms with van der Waals surface area (Å²) < 4.78 is 0. The molecule has 0 unspecified atom stereocenters. The van der Waals surface area contributed by atoms with E-state index in [1.807, 2.05) is 31.6 Å². The molecule has 0 saturated carbocycles. The molecule has 0 aliphatic heterocycles. The molecule has 2 aromatic rings. The molecule has 0 aliphatic carbocycles. The molecule has 21 heavy (non-hydrogen) atoms. The summed E-state index contributed by atoms with van der Waals surface area (Å²) in [5.74, 6) is 0. The van der Waals surface area contributed by atoms with Gasteiger partial charge >= 0.3 is 6.03 Å². The normalized spacial score (nSPS) is 12.2. The minimum atomic E-state index is -0.259. The summed E-state index contributed by atoms with van der Waals surface area (Å²) in [5, 5.41) is 10.3. The molecule has 2 amide bonds. The van der Waals surface area contributed by atoms with Gasteiger partial charge in [-0.15, -0.1) is 0 Å². The summed E-state index contributed by atoms with van der Waals surface area (Å²) in [4.78, 5) is 14.0. The number of nitrogens with zero attached hydrogens (tertiary/aromatic N) is 1. The van der Waals surface area contributed by atoms with Gasteiger partial charge in [0.25, 0.3) is 0 Å². The van der Waals surface area contributed by atoms with Gasteiger partial charge < -0.3 is 15.5 Å². The van der Waals surface area contributed by atoms with Crippen LogP contribution in [0.25, 0.3) is 0 Å². The number of amides is 2. The van der Waals surface area contributed by atoms with Crippen LogP contribution in [0.2, 0.25) is 5.02 Å². The summed E-state index contributed by atoms with van der Waals surface area (Å²) in [5.41, 5.74) is 1.80. The number of rotatable bonds is 5. The summed E-state index contributed by atoms with van der Waals surface area (Å²) in [6, 6.07) is 9.12. The van der Waals surface area contributed by atoms with Crippen LogP contribution in [0.15, 0.2) is 41.1 Å². The van der Waals surface area contributed by atoms with Crippen molar-refractivity contribution in [1.82, 2.24) is 10.2 Å². The molecule has 2 rings (SSSR count). The predicted octanol–water partition coefficient (Wildman–Crippen LogP) is 3.83. The highest BCUT2D eigenvalue weighted by Gasteiger charge is 2.15. The van der Waals surface area contributed by atoms with E-state index in [0.717, 1.165) is 0 Å². The minimum Gasteiger partial charge on any atom is -0.336 e. The van der Waals surface area contributed by atoms with Crippen molar-refractivity contribution in [3.8, 4) is 0 Å². The highest BCUT2D eigenvalue weighted by Crippen LogP contribution is 2.21. The second-order valence-corrected chi connectivity index (χ2v) is 6.04. The molecule has 0 fully saturated rings. The van der Waals surface area contributed by atoms with Gasteiger partial charge in [-0.05, 0) is 48.6 Å². The van der Waals surface area contributed by atoms with E-state index in [2.05, 4.69) is 27.0 Å². The third kappa shape index (κ3) is 4.46. The SMILES string of the molecule is CN(C)[C@@H](CNC(=O)Nc1ccccc1Cl)c1ccsc1. The topological polar surface area (TPSA) is 44.4 Å². The Kier molecular flexibility index (Phi) is 5.61. The quantitative estimate of drug-likeness (QED) is 0.878. The lowest BCUT2D eigenvalue weighted by molar-refractivity contribution is 0.243. The monoisotopic (exact) mass is 323 g/mol. The first-order valence-corrected chi connectivity index (χ1v) is 7.88. The van der Waals surface area contributed by atoms with Gasteiger partial charge in [0, 0.05) is 6.54 Å². The van der Waals surface area contributed by atoms with Gasteiger partial charge in [0.2, 0.25) is 0 Å². The molecule has 0 spiro atoms. The smallest absolute Gasteiger partial charge is 0.319 e. The standard InChI is InChI=1S/C15H18ClN3OS/c1-19(2)14(11-7-8-21-10-11)9-17-15(20)18-13-6-4-3-5-12(13)16/h3-8,10,14H,9H2,1-2H3,(H2,17,18,20)/t14-/m0/s1. The van der Waals surface area contributed by atoms with E-state index in [1.54, 1.807) is 23.5 Å². The number of hydrogen-bond acceptors (Lipinski definition) is 3. The van der Waals surface area contributed by atoms with E-state index >= 15 is 0 Å². The molecule has 0 radical (unpaired) electrons. The van der Waals surface area contributed by atoms with Gasteiger partial charge in [-0.25, -0.2) is 4.79 Å². The van der Waals surface area contributed by atoms with E-state index in [1.165, 1.54) is 5.56 Å². The molecule has 4 nitrogen and oxygen atoms in total. The van der Waals surface area contributed by atoms with Gasteiger partial charge in [-0.3, -0.25) is 0 Å². The molecular weight excluding hydrogens is 306 g/mol. The number of hydrogen-bond donors (Lipinski definition) is 2. The lowest BCUT2D eigenvalue weighted by atomic mass is 10.1. The van der Waals surface area contributed by atoms with Crippen molar-refractivity contribution >= 4 is 34.7 Å². The second kappa shape index (κ2) is 7.45. The molecule has 0 saturated heterocycles. The molecular formula is C15H18ClN3OS. The molecule has 0 bridgehead atoms. The van der Waals surface area contributed by atoms with Crippen molar-refractivity contribution in [2.45, 2.75) is 6.04 Å². The Hall–Kier alpha value is -1.56. The second-order valence-electron chi connectivity index (χ2n) is 4.85. The Labute approximate surface area is 133 Å². The molecule has 1 aromatic heterocycles. The number of para-hydroxylation sites is 1. The third-order valence-electron chi connectivity index (χ3n) is 3.13. The van der Waals surface area contributed by atoms with Crippen LogP contribution < -0.4 is 10.6 Å². The molecule has 1 aromatic carbocycles. The maximum Gasteiger partial charge on any atom is 0.319 e. The Morgan fingerprint density at radius 2 is 2.10 bits per heavy atom. The molecule has 1 heterocycles. The molecule has 6 heteroatoms. The van der Waals surface area contributed by atoms with Crippen LogP contribution in [0.5, 0.6) is 0 Å². The van der Waals surface area contributed by atoms with Crippen LogP contribution in [-0.4, -0.2) is 31.6 Å². The first kappa shape index (κ1) is 15.8. The Bertz CT molecular complexity index is 586. The number of thiophene rings is 1. The van der Waals surface area contributed by atoms with Crippen LogP contribution in [0.3, 0.4) is 0 Å². The zero-order valence-corrected chi connectivity index (χ0v) is 13.5. The molecule has 1 atom stereocenters. The maximum absolute atomic E-state index is 12.0. The third-order valence-corrected chi connectivity index (χ3v) is 4.16. The maximum atomic E-state index is 12.0. The first-order valence-electron chi connectivity index (χ1n) is 6.56. The number of urea groups is 1. The van der Waals surface area contributed by atoms with E-state index in [9.17, 15) is 4.79 Å². The van der Waals surface area contributed by atoms with Crippen molar-refractivity contribution in [1.29, 1.82) is 0 Å². The summed E-state index contributed by atoms with van der Waals surface area (Å²) >= 11 is 7.67. The van der Waals surface area contributed by atoms with E-state index in [-0.39, 0.29) is 12.1 Å². The fourth-order valence-electron chi connectivity index (χ4n) is 1.98. The summed E-state index contributed by atoms with van der Waals surface area (Å²) in [7, 11) is 3.99. The number of likely N-dealkylation sites (N-methyl/N-ethyl adjacent to an activating group) is 1. The van der Waals surface area contributed by atoms with Crippen molar-refractivity contribution in [3.63, 3.8) is 0 Å². The number of halogens is 1. The zero-order chi connectivity index (χ0) is 15.2. The van der Waals surface area contributed by atoms with E-state index < -0.39 is 0 Å². The van der Waals surface area contributed by atoms with E-state index in [0.29, 0.717) is 17.3 Å². The Morgan fingerprint density at radius 1 is 1.33 bits per heavy atom. The number of benzene rings is 1. The Morgan fingerprint density at radius 3 is 2.71 bits per heavy atom. The van der Waals surface area contributed by atoms with E-state index in [4.69, 9.17) is 11.6 Å². The van der Waals surface area contributed by atoms with Gasteiger partial charge in [0.15, 0.2) is 0 Å². The average molecular weight is 324 g/mol. The molecule has 0 aliphatic rings. The number of carbonyl (C=O) groups is 1. The van der Waals surface area contributed by atoms with Gasteiger partial charge in [-0.1, -0.05) is 23.7 Å². The largest absolute Gasteiger partial charge is 0.336 e. The zero-order valence-electron chi connectivity index (χ0n) is 12.0. The van der Waals surface area contributed by atoms with Crippen LogP contribution in [0.1, 0.15) is 11.6 Å². The molecule has 2 N–H and O–H groups in total. The average Bonchev–Trinajstić information content (AvgIpc) is 2.95. The van der Waals surface area contributed by atoms with Crippen LogP contribution >= 0.6 is 22.9 Å². The van der Waals surface area contributed by atoms with Crippen molar-refractivity contribution in [3.05, 3.63) is 51.7 Å². The fraction of sp³-hybridized carbons (Fsp3) is 0.267. The lowest BCUT2D eigenvalue weighted by Crippen LogP contribution is -2.36. The van der Waals surface area contributed by atoms with Crippen LogP contribution in [0.4, 0.5) is 10.5 Å². The highest BCUT2D eigenvalue weighted by atomic mass is 35.5. The van der Waals surface area contributed by atoms with Crippen molar-refractivity contribution in [2.75, 3.05) is 26.0 Å². The number of anilines is 1. The van der Waals surface area contributed by atoms with Gasteiger partial charge in [0.05, 0.1) is 16.8 Å². The number of carbonyl (C=O) groups excluding carboxylic acids is 1. The minimum absolute atomic E-state index is 0.147. The Balaban J connectivity index is 1.92. The van der Waals surface area contributed by atoms with Crippen molar-refractivity contribution in [2.24, 2.45) is 0 Å². The van der Waals surface area contributed by atoms with Gasteiger partial charge in [-0.2, -0.15) is 11.3 Å².